The number of aromatic nitrogens is 3. The molecule has 0 fully saturated rings. The molecule has 30 heavy (non-hydrogen) atoms. The number of halogens is 1. The summed E-state index contributed by atoms with van der Waals surface area (Å²) in [7, 11) is 0. The molecule has 1 amide bonds. The summed E-state index contributed by atoms with van der Waals surface area (Å²) in [6.45, 7) is 9.55. The predicted octanol–water partition coefficient (Wildman–Crippen LogP) is 5.31. The van der Waals surface area contributed by atoms with Crippen LogP contribution in [0.25, 0.3) is 11.4 Å². The molecule has 7 heteroatoms. The number of carbonyl (C=O) groups excluding carboxylic acids is 1. The van der Waals surface area contributed by atoms with Crippen molar-refractivity contribution in [3.63, 3.8) is 0 Å². The van der Waals surface area contributed by atoms with E-state index in [-0.39, 0.29) is 11.2 Å². The highest BCUT2D eigenvalue weighted by molar-refractivity contribution is 8.00. The highest BCUT2D eigenvalue weighted by Crippen LogP contribution is 2.28. The minimum absolute atomic E-state index is 0.0764. The van der Waals surface area contributed by atoms with Gasteiger partial charge in [0, 0.05) is 30.2 Å². The van der Waals surface area contributed by atoms with E-state index < -0.39 is 0 Å². The molecule has 0 N–H and O–H groups in total. The van der Waals surface area contributed by atoms with Gasteiger partial charge in [-0.25, -0.2) is 0 Å². The summed E-state index contributed by atoms with van der Waals surface area (Å²) in [6, 6.07) is 17.5. The van der Waals surface area contributed by atoms with Gasteiger partial charge in [-0.05, 0) is 43.7 Å². The molecule has 0 spiro atoms. The van der Waals surface area contributed by atoms with E-state index in [0.717, 1.165) is 17.0 Å². The minimum atomic E-state index is -0.292. The smallest absolute Gasteiger partial charge is 0.236 e. The maximum atomic E-state index is 13.1. The van der Waals surface area contributed by atoms with Crippen LogP contribution in [0.3, 0.4) is 0 Å². The Bertz CT molecular complexity index is 988. The number of amides is 1. The molecule has 1 atom stereocenters. The van der Waals surface area contributed by atoms with Crippen molar-refractivity contribution in [1.82, 2.24) is 19.7 Å². The van der Waals surface area contributed by atoms with Crippen LogP contribution in [0.1, 0.15) is 19.4 Å². The van der Waals surface area contributed by atoms with E-state index in [1.54, 1.807) is 6.08 Å². The van der Waals surface area contributed by atoms with Crippen LogP contribution >= 0.6 is 23.4 Å². The molecule has 0 saturated carbocycles. The van der Waals surface area contributed by atoms with Crippen LogP contribution in [0, 0.1) is 0 Å². The third-order valence-corrected chi connectivity index (χ3v) is 5.99. The van der Waals surface area contributed by atoms with Crippen molar-refractivity contribution < 1.29 is 4.79 Å². The summed E-state index contributed by atoms with van der Waals surface area (Å²) in [5, 5.41) is 9.77. The first-order chi connectivity index (χ1) is 14.5. The molecule has 5 nitrogen and oxygen atoms in total. The second-order valence-electron chi connectivity index (χ2n) is 6.81. The Balaban J connectivity index is 1.78. The largest absolute Gasteiger partial charge is 0.338 e. The average molecular weight is 441 g/mol. The van der Waals surface area contributed by atoms with Crippen molar-refractivity contribution in [3.05, 3.63) is 77.8 Å². The lowest BCUT2D eigenvalue weighted by Crippen LogP contribution is -2.36. The summed E-state index contributed by atoms with van der Waals surface area (Å²) in [4.78, 5) is 14.9. The Morgan fingerprint density at radius 2 is 1.90 bits per heavy atom. The van der Waals surface area contributed by atoms with Crippen LogP contribution in [-0.4, -0.2) is 37.4 Å². The predicted molar refractivity (Wildman–Crippen MR) is 124 cm³/mol. The number of hydrogen-bond acceptors (Lipinski definition) is 4. The standard InChI is InChI=1S/C23H25ClN4OS/c1-4-15-28-21(19-11-13-20(24)14-12-19)25-26-23(28)30-17(3)22(29)27(5-2)16-18-9-7-6-8-10-18/h4,6-14,17H,1,5,15-16H2,2-3H3. The number of carbonyl (C=O) groups is 1. The fourth-order valence-corrected chi connectivity index (χ4v) is 4.17. The molecule has 3 rings (SSSR count). The summed E-state index contributed by atoms with van der Waals surface area (Å²) in [5.74, 6) is 0.804. The highest BCUT2D eigenvalue weighted by Gasteiger charge is 2.24. The first-order valence-electron chi connectivity index (χ1n) is 9.82. The molecule has 1 aromatic heterocycles. The van der Waals surface area contributed by atoms with Crippen molar-refractivity contribution in [2.24, 2.45) is 0 Å². The second-order valence-corrected chi connectivity index (χ2v) is 8.55. The molecular formula is C23H25ClN4OS. The van der Waals surface area contributed by atoms with E-state index in [9.17, 15) is 4.79 Å². The number of rotatable bonds is 9. The van der Waals surface area contributed by atoms with Gasteiger partial charge >= 0.3 is 0 Å². The van der Waals surface area contributed by atoms with E-state index >= 15 is 0 Å². The average Bonchev–Trinajstić information content (AvgIpc) is 3.15. The zero-order valence-corrected chi connectivity index (χ0v) is 18.7. The summed E-state index contributed by atoms with van der Waals surface area (Å²) in [5.41, 5.74) is 2.03. The van der Waals surface area contributed by atoms with Gasteiger partial charge in [-0.15, -0.1) is 16.8 Å². The van der Waals surface area contributed by atoms with Crippen molar-refractivity contribution >= 4 is 29.3 Å². The van der Waals surface area contributed by atoms with Gasteiger partial charge in [0.2, 0.25) is 5.91 Å². The van der Waals surface area contributed by atoms with Gasteiger partial charge in [0.1, 0.15) is 0 Å². The van der Waals surface area contributed by atoms with Gasteiger partial charge in [0.25, 0.3) is 0 Å². The van der Waals surface area contributed by atoms with Gasteiger partial charge in [0.05, 0.1) is 5.25 Å². The van der Waals surface area contributed by atoms with Crippen molar-refractivity contribution in [2.75, 3.05) is 6.54 Å². The van der Waals surface area contributed by atoms with Crippen LogP contribution in [0.2, 0.25) is 5.02 Å². The zero-order chi connectivity index (χ0) is 21.5. The van der Waals surface area contributed by atoms with Crippen LogP contribution in [0.4, 0.5) is 0 Å². The van der Waals surface area contributed by atoms with E-state index in [2.05, 4.69) is 16.8 Å². The van der Waals surface area contributed by atoms with E-state index in [1.807, 2.05) is 77.9 Å². The Kier molecular flexibility index (Phi) is 7.71. The Morgan fingerprint density at radius 3 is 2.53 bits per heavy atom. The molecule has 0 saturated heterocycles. The molecule has 0 radical (unpaired) electrons. The molecule has 2 aromatic carbocycles. The molecular weight excluding hydrogens is 416 g/mol. The lowest BCUT2D eigenvalue weighted by molar-refractivity contribution is -0.130. The SMILES string of the molecule is C=CCn1c(SC(C)C(=O)N(CC)Cc2ccccc2)nnc1-c1ccc(Cl)cc1. The van der Waals surface area contributed by atoms with E-state index in [4.69, 9.17) is 11.6 Å². The first-order valence-corrected chi connectivity index (χ1v) is 11.1. The fourth-order valence-electron chi connectivity index (χ4n) is 3.10. The maximum Gasteiger partial charge on any atom is 0.236 e. The molecule has 156 valence electrons. The maximum absolute atomic E-state index is 13.1. The molecule has 0 aliphatic rings. The van der Waals surface area contributed by atoms with Crippen LogP contribution < -0.4 is 0 Å². The topological polar surface area (TPSA) is 51.0 Å². The van der Waals surface area contributed by atoms with E-state index in [0.29, 0.717) is 29.8 Å². The number of thioether (sulfide) groups is 1. The molecule has 0 aliphatic heterocycles. The van der Waals surface area contributed by atoms with Crippen molar-refractivity contribution in [3.8, 4) is 11.4 Å². The quantitative estimate of drug-likeness (QED) is 0.334. The molecule has 3 aromatic rings. The summed E-state index contributed by atoms with van der Waals surface area (Å²) in [6.07, 6.45) is 1.80. The van der Waals surface area contributed by atoms with Crippen LogP contribution in [0.15, 0.2) is 72.4 Å². The minimum Gasteiger partial charge on any atom is -0.338 e. The van der Waals surface area contributed by atoms with Crippen molar-refractivity contribution in [2.45, 2.75) is 37.3 Å². The van der Waals surface area contributed by atoms with Gasteiger partial charge in [0.15, 0.2) is 11.0 Å². The molecule has 1 unspecified atom stereocenters. The Hall–Kier alpha value is -2.57. The third-order valence-electron chi connectivity index (χ3n) is 4.67. The Labute approximate surface area is 186 Å². The monoisotopic (exact) mass is 440 g/mol. The number of nitrogens with zero attached hydrogens (tertiary/aromatic N) is 4. The number of hydrogen-bond donors (Lipinski definition) is 0. The number of benzene rings is 2. The van der Waals surface area contributed by atoms with Crippen molar-refractivity contribution in [1.29, 1.82) is 0 Å². The second kappa shape index (κ2) is 10.5. The fraction of sp³-hybridized carbons (Fsp3) is 0.261. The molecule has 0 bridgehead atoms. The summed E-state index contributed by atoms with van der Waals surface area (Å²) >= 11 is 7.42. The lowest BCUT2D eigenvalue weighted by Gasteiger charge is -2.24. The first kappa shape index (κ1) is 22.1. The van der Waals surface area contributed by atoms with Gasteiger partial charge in [-0.1, -0.05) is 59.8 Å². The van der Waals surface area contributed by atoms with Gasteiger partial charge in [-0.2, -0.15) is 0 Å². The zero-order valence-electron chi connectivity index (χ0n) is 17.2. The Morgan fingerprint density at radius 1 is 1.20 bits per heavy atom. The molecule has 0 aliphatic carbocycles. The third kappa shape index (κ3) is 5.32. The van der Waals surface area contributed by atoms with Crippen LogP contribution in [-0.2, 0) is 17.9 Å². The van der Waals surface area contributed by atoms with Gasteiger partial charge in [-0.3, -0.25) is 9.36 Å². The van der Waals surface area contributed by atoms with E-state index in [1.165, 1.54) is 11.8 Å². The number of allylic oxidation sites excluding steroid dienone is 1. The molecule has 1 heterocycles. The normalized spacial score (nSPS) is 11.8. The highest BCUT2D eigenvalue weighted by atomic mass is 35.5. The van der Waals surface area contributed by atoms with Crippen LogP contribution in [0.5, 0.6) is 0 Å². The van der Waals surface area contributed by atoms with Gasteiger partial charge < -0.3 is 4.90 Å². The lowest BCUT2D eigenvalue weighted by atomic mass is 10.2. The summed E-state index contributed by atoms with van der Waals surface area (Å²) < 4.78 is 1.97.